The molecule has 8 nitrogen and oxygen atoms in total. The maximum Gasteiger partial charge on any atom is 0.311 e. The van der Waals surface area contributed by atoms with Gasteiger partial charge in [0.05, 0.1) is 32.1 Å². The summed E-state index contributed by atoms with van der Waals surface area (Å²) in [5.74, 6) is 0.324. The van der Waals surface area contributed by atoms with Crippen LogP contribution in [0.4, 0.5) is 5.69 Å². The van der Waals surface area contributed by atoms with Crippen LogP contribution in [0.1, 0.15) is 11.1 Å². The van der Waals surface area contributed by atoms with E-state index in [-0.39, 0.29) is 23.6 Å². The fraction of sp³-hybridized carbons (Fsp3) is 0.0357. The molecule has 1 heterocycles. The largest absolute Gasteiger partial charge is 0.481 e. The Morgan fingerprint density at radius 1 is 0.947 bits per heavy atom. The topological polar surface area (TPSA) is 99.6 Å². The fourth-order valence-electron chi connectivity index (χ4n) is 3.85. The first-order chi connectivity index (χ1) is 18.4. The number of halogens is 2. The maximum atomic E-state index is 13.4. The molecule has 0 aliphatic rings. The van der Waals surface area contributed by atoms with E-state index in [0.717, 1.165) is 0 Å². The predicted molar refractivity (Wildman–Crippen MR) is 148 cm³/mol. The van der Waals surface area contributed by atoms with Crippen LogP contribution in [0.15, 0.2) is 101 Å². The molecule has 0 unspecified atom stereocenters. The lowest BCUT2D eigenvalue weighted by Crippen LogP contribution is -2.20. The van der Waals surface area contributed by atoms with E-state index in [9.17, 15) is 14.9 Å². The van der Waals surface area contributed by atoms with Crippen molar-refractivity contribution < 1.29 is 9.66 Å². The van der Waals surface area contributed by atoms with Gasteiger partial charge in [-0.2, -0.15) is 9.78 Å². The second-order valence-corrected chi connectivity index (χ2v) is 8.98. The standard InChI is InChI=1S/C28H18Cl2N4O4/c29-22-14-13-18(15-23(22)30)17-38-26-20(9-6-12-25(26)34(36)37)16-31-33-27(19-7-2-1-3-8-19)32-24-11-5-4-10-21(24)28(33)35/h1-16H,17H2. The van der Waals surface area contributed by atoms with Crippen molar-refractivity contribution in [2.75, 3.05) is 0 Å². The smallest absolute Gasteiger partial charge is 0.311 e. The molecule has 5 rings (SSSR count). The minimum Gasteiger partial charge on any atom is -0.481 e. The van der Waals surface area contributed by atoms with Crippen LogP contribution in [-0.4, -0.2) is 20.8 Å². The zero-order chi connectivity index (χ0) is 26.6. The predicted octanol–water partition coefficient (Wildman–Crippen LogP) is 6.74. The Labute approximate surface area is 226 Å². The summed E-state index contributed by atoms with van der Waals surface area (Å²) in [4.78, 5) is 29.3. The van der Waals surface area contributed by atoms with Crippen molar-refractivity contribution in [3.8, 4) is 17.1 Å². The van der Waals surface area contributed by atoms with Gasteiger partial charge in [0.1, 0.15) is 6.61 Å². The Balaban J connectivity index is 1.60. The van der Waals surface area contributed by atoms with Gasteiger partial charge in [-0.15, -0.1) is 0 Å². The number of rotatable bonds is 7. The molecular formula is C28H18Cl2N4O4. The Morgan fingerprint density at radius 2 is 1.71 bits per heavy atom. The molecule has 0 radical (unpaired) electrons. The van der Waals surface area contributed by atoms with Crippen LogP contribution in [0.3, 0.4) is 0 Å². The molecule has 1 aromatic heterocycles. The third-order valence-electron chi connectivity index (χ3n) is 5.69. The van der Waals surface area contributed by atoms with Gasteiger partial charge in [0.25, 0.3) is 5.56 Å². The first-order valence-corrected chi connectivity index (χ1v) is 12.1. The number of benzene rings is 4. The van der Waals surface area contributed by atoms with Crippen LogP contribution in [0.5, 0.6) is 5.75 Å². The number of fused-ring (bicyclic) bond motifs is 1. The lowest BCUT2D eigenvalue weighted by atomic mass is 10.2. The van der Waals surface area contributed by atoms with Crippen LogP contribution in [0.25, 0.3) is 22.3 Å². The third-order valence-corrected chi connectivity index (χ3v) is 6.43. The van der Waals surface area contributed by atoms with Gasteiger partial charge >= 0.3 is 5.69 Å². The summed E-state index contributed by atoms with van der Waals surface area (Å²) < 4.78 is 7.06. The van der Waals surface area contributed by atoms with Gasteiger partial charge in [0.2, 0.25) is 5.75 Å². The summed E-state index contributed by atoms with van der Waals surface area (Å²) >= 11 is 12.1. The first-order valence-electron chi connectivity index (χ1n) is 11.4. The van der Waals surface area contributed by atoms with Gasteiger partial charge in [-0.3, -0.25) is 14.9 Å². The number of nitro benzene ring substituents is 1. The molecule has 0 saturated heterocycles. The molecule has 0 saturated carbocycles. The molecule has 0 bridgehead atoms. The maximum absolute atomic E-state index is 13.4. The molecule has 0 amide bonds. The molecular weight excluding hydrogens is 527 g/mol. The van der Waals surface area contributed by atoms with Crippen LogP contribution in [-0.2, 0) is 6.61 Å². The van der Waals surface area contributed by atoms with Crippen molar-refractivity contribution in [2.24, 2.45) is 5.10 Å². The summed E-state index contributed by atoms with van der Waals surface area (Å²) in [5, 5.41) is 17.3. The summed E-state index contributed by atoms with van der Waals surface area (Å²) in [6.45, 7) is -0.00464. The number of nitrogens with zero attached hydrogens (tertiary/aromatic N) is 4. The molecule has 0 N–H and O–H groups in total. The minimum absolute atomic E-state index is 0.00428. The number of ether oxygens (including phenoxy) is 1. The van der Waals surface area contributed by atoms with Crippen molar-refractivity contribution in [3.05, 3.63) is 133 Å². The van der Waals surface area contributed by atoms with Gasteiger partial charge in [-0.1, -0.05) is 77.8 Å². The van der Waals surface area contributed by atoms with Crippen LogP contribution in [0, 0.1) is 10.1 Å². The molecule has 0 atom stereocenters. The summed E-state index contributed by atoms with van der Waals surface area (Å²) in [5.41, 5.74) is 1.56. The lowest BCUT2D eigenvalue weighted by molar-refractivity contribution is -0.385. The van der Waals surface area contributed by atoms with Crippen molar-refractivity contribution in [2.45, 2.75) is 6.61 Å². The number of hydrogen-bond donors (Lipinski definition) is 0. The average molecular weight is 545 g/mol. The second kappa shape index (κ2) is 10.8. The second-order valence-electron chi connectivity index (χ2n) is 8.17. The van der Waals surface area contributed by atoms with E-state index in [0.29, 0.717) is 43.5 Å². The highest BCUT2D eigenvalue weighted by molar-refractivity contribution is 6.42. The third kappa shape index (κ3) is 5.13. The average Bonchev–Trinajstić information content (AvgIpc) is 2.93. The van der Waals surface area contributed by atoms with E-state index < -0.39 is 4.92 Å². The molecule has 0 aliphatic heterocycles. The molecule has 5 aromatic rings. The summed E-state index contributed by atoms with van der Waals surface area (Å²) in [6, 6.07) is 25.6. The van der Waals surface area contributed by atoms with Gasteiger partial charge in [0, 0.05) is 17.2 Å². The monoisotopic (exact) mass is 544 g/mol. The minimum atomic E-state index is -0.541. The van der Waals surface area contributed by atoms with E-state index in [1.165, 1.54) is 23.0 Å². The normalized spacial score (nSPS) is 11.2. The SMILES string of the molecule is O=c1c2ccccc2nc(-c2ccccc2)n1N=Cc1cccc([N+](=O)[O-])c1OCc1ccc(Cl)c(Cl)c1. The zero-order valence-electron chi connectivity index (χ0n) is 19.6. The van der Waals surface area contributed by atoms with Gasteiger partial charge in [0.15, 0.2) is 5.82 Å². The van der Waals surface area contributed by atoms with Crippen molar-refractivity contribution in [1.82, 2.24) is 9.66 Å². The summed E-state index contributed by atoms with van der Waals surface area (Å²) in [7, 11) is 0. The Morgan fingerprint density at radius 3 is 2.47 bits per heavy atom. The highest BCUT2D eigenvalue weighted by Crippen LogP contribution is 2.32. The molecule has 10 heteroatoms. The number of para-hydroxylation sites is 2. The van der Waals surface area contributed by atoms with Gasteiger partial charge in [-0.05, 0) is 35.9 Å². The van der Waals surface area contributed by atoms with E-state index >= 15 is 0 Å². The van der Waals surface area contributed by atoms with Gasteiger partial charge in [-0.25, -0.2) is 4.98 Å². The van der Waals surface area contributed by atoms with E-state index in [4.69, 9.17) is 27.9 Å². The van der Waals surface area contributed by atoms with E-state index in [1.807, 2.05) is 30.3 Å². The highest BCUT2D eigenvalue weighted by atomic mass is 35.5. The number of nitro groups is 1. The van der Waals surface area contributed by atoms with Crippen LogP contribution < -0.4 is 10.3 Å². The fourth-order valence-corrected chi connectivity index (χ4v) is 4.18. The molecule has 38 heavy (non-hydrogen) atoms. The summed E-state index contributed by atoms with van der Waals surface area (Å²) in [6.07, 6.45) is 1.35. The molecule has 0 aliphatic carbocycles. The van der Waals surface area contributed by atoms with Crippen molar-refractivity contribution >= 4 is 46.0 Å². The molecule has 188 valence electrons. The Kier molecular flexibility index (Phi) is 7.17. The Hall–Kier alpha value is -4.53. The van der Waals surface area contributed by atoms with Crippen molar-refractivity contribution in [1.29, 1.82) is 0 Å². The Bertz CT molecular complexity index is 1750. The highest BCUT2D eigenvalue weighted by Gasteiger charge is 2.19. The van der Waals surface area contributed by atoms with E-state index in [1.54, 1.807) is 48.5 Å². The lowest BCUT2D eigenvalue weighted by Gasteiger charge is -2.11. The number of hydrogen-bond acceptors (Lipinski definition) is 6. The molecule has 0 spiro atoms. The number of aromatic nitrogens is 2. The quantitative estimate of drug-likeness (QED) is 0.128. The molecule has 0 fully saturated rings. The van der Waals surface area contributed by atoms with Crippen molar-refractivity contribution in [3.63, 3.8) is 0 Å². The van der Waals surface area contributed by atoms with E-state index in [2.05, 4.69) is 10.1 Å². The molecule has 4 aromatic carbocycles. The zero-order valence-corrected chi connectivity index (χ0v) is 21.1. The van der Waals surface area contributed by atoms with Gasteiger partial charge < -0.3 is 4.74 Å². The first kappa shape index (κ1) is 25.1. The van der Waals surface area contributed by atoms with Crippen LogP contribution >= 0.6 is 23.2 Å². The van der Waals surface area contributed by atoms with Crippen LogP contribution in [0.2, 0.25) is 10.0 Å².